The number of pyridine rings is 1. The number of rotatable bonds is 4. The number of carbonyl (C=O) groups excluding carboxylic acids is 1. The molecular weight excluding hydrogens is 380 g/mol. The SMILES string of the molecule is CNC(=O)c1cccc2cc(Oc3ccnc4cc(OC)c5c(c34)CCO5)ccc12. The highest BCUT2D eigenvalue weighted by atomic mass is 16.5. The maximum Gasteiger partial charge on any atom is 0.251 e. The molecule has 0 spiro atoms. The molecule has 150 valence electrons. The van der Waals surface area contributed by atoms with Gasteiger partial charge in [-0.2, -0.15) is 0 Å². The second-order valence-electron chi connectivity index (χ2n) is 7.06. The highest BCUT2D eigenvalue weighted by Crippen LogP contribution is 2.44. The summed E-state index contributed by atoms with van der Waals surface area (Å²) in [5.74, 6) is 2.74. The molecule has 6 nitrogen and oxygen atoms in total. The molecule has 5 rings (SSSR count). The van der Waals surface area contributed by atoms with E-state index in [1.54, 1.807) is 20.4 Å². The summed E-state index contributed by atoms with van der Waals surface area (Å²) in [6, 6.07) is 15.1. The maximum absolute atomic E-state index is 12.1. The number of benzene rings is 3. The van der Waals surface area contributed by atoms with Gasteiger partial charge in [-0.3, -0.25) is 9.78 Å². The molecule has 0 radical (unpaired) electrons. The van der Waals surface area contributed by atoms with Crippen molar-refractivity contribution in [2.75, 3.05) is 20.8 Å². The first-order chi connectivity index (χ1) is 14.7. The predicted molar refractivity (Wildman–Crippen MR) is 115 cm³/mol. The molecule has 0 aliphatic carbocycles. The van der Waals surface area contributed by atoms with E-state index in [1.807, 2.05) is 48.5 Å². The highest BCUT2D eigenvalue weighted by molar-refractivity contribution is 6.07. The molecule has 1 amide bonds. The van der Waals surface area contributed by atoms with E-state index >= 15 is 0 Å². The van der Waals surface area contributed by atoms with Gasteiger partial charge in [-0.15, -0.1) is 0 Å². The van der Waals surface area contributed by atoms with Gasteiger partial charge in [0.25, 0.3) is 5.91 Å². The molecule has 4 aromatic rings. The molecular formula is C24H20N2O4. The van der Waals surface area contributed by atoms with Gasteiger partial charge in [0.05, 0.1) is 24.6 Å². The second-order valence-corrected chi connectivity index (χ2v) is 7.06. The molecule has 0 saturated carbocycles. The van der Waals surface area contributed by atoms with Crippen LogP contribution in [-0.2, 0) is 6.42 Å². The lowest BCUT2D eigenvalue weighted by Gasteiger charge is -2.14. The lowest BCUT2D eigenvalue weighted by molar-refractivity contribution is 0.0964. The van der Waals surface area contributed by atoms with Crippen molar-refractivity contribution in [2.45, 2.75) is 6.42 Å². The van der Waals surface area contributed by atoms with Crippen LogP contribution in [0.1, 0.15) is 15.9 Å². The number of carbonyl (C=O) groups is 1. The molecule has 1 N–H and O–H groups in total. The Morgan fingerprint density at radius 1 is 1.13 bits per heavy atom. The third-order valence-corrected chi connectivity index (χ3v) is 5.38. The Morgan fingerprint density at radius 3 is 2.87 bits per heavy atom. The van der Waals surface area contributed by atoms with Crippen LogP contribution >= 0.6 is 0 Å². The van der Waals surface area contributed by atoms with E-state index in [2.05, 4.69) is 10.3 Å². The molecule has 3 aromatic carbocycles. The largest absolute Gasteiger partial charge is 0.493 e. The molecule has 0 bridgehead atoms. The van der Waals surface area contributed by atoms with Gasteiger partial charge in [-0.1, -0.05) is 12.1 Å². The van der Waals surface area contributed by atoms with E-state index in [4.69, 9.17) is 14.2 Å². The average Bonchev–Trinajstić information content (AvgIpc) is 3.27. The number of amides is 1. The molecule has 1 aliphatic heterocycles. The van der Waals surface area contributed by atoms with Crippen LogP contribution in [0.4, 0.5) is 0 Å². The number of methoxy groups -OCH3 is 1. The van der Waals surface area contributed by atoms with Crippen LogP contribution in [0.25, 0.3) is 21.7 Å². The Labute approximate surface area is 173 Å². The van der Waals surface area contributed by atoms with Gasteiger partial charge in [0.1, 0.15) is 11.5 Å². The highest BCUT2D eigenvalue weighted by Gasteiger charge is 2.24. The Hall–Kier alpha value is -3.80. The van der Waals surface area contributed by atoms with Crippen molar-refractivity contribution in [3.63, 3.8) is 0 Å². The van der Waals surface area contributed by atoms with Gasteiger partial charge in [0.2, 0.25) is 0 Å². The van der Waals surface area contributed by atoms with Crippen LogP contribution in [-0.4, -0.2) is 31.7 Å². The normalized spacial score (nSPS) is 12.5. The molecule has 0 saturated heterocycles. The van der Waals surface area contributed by atoms with Gasteiger partial charge in [-0.25, -0.2) is 0 Å². The molecule has 1 aliphatic rings. The van der Waals surface area contributed by atoms with E-state index in [0.29, 0.717) is 29.4 Å². The van der Waals surface area contributed by atoms with Crippen LogP contribution in [0.2, 0.25) is 0 Å². The summed E-state index contributed by atoms with van der Waals surface area (Å²) in [6.07, 6.45) is 2.50. The van der Waals surface area contributed by atoms with Gasteiger partial charge in [0, 0.05) is 36.9 Å². The number of nitrogens with zero attached hydrogens (tertiary/aromatic N) is 1. The van der Waals surface area contributed by atoms with E-state index < -0.39 is 0 Å². The molecule has 0 fully saturated rings. The fraction of sp³-hybridized carbons (Fsp3) is 0.167. The Kier molecular flexibility index (Phi) is 4.39. The smallest absolute Gasteiger partial charge is 0.251 e. The molecule has 1 aromatic heterocycles. The van der Waals surface area contributed by atoms with Crippen LogP contribution in [0.15, 0.2) is 54.7 Å². The summed E-state index contributed by atoms with van der Waals surface area (Å²) in [7, 11) is 3.26. The fourth-order valence-electron chi connectivity index (χ4n) is 4.00. The van der Waals surface area contributed by atoms with Crippen molar-refractivity contribution in [3.8, 4) is 23.0 Å². The molecule has 30 heavy (non-hydrogen) atoms. The van der Waals surface area contributed by atoms with Crippen molar-refractivity contribution < 1.29 is 19.0 Å². The number of nitrogens with one attached hydrogen (secondary N) is 1. The Balaban J connectivity index is 1.60. The van der Waals surface area contributed by atoms with Gasteiger partial charge >= 0.3 is 0 Å². The summed E-state index contributed by atoms with van der Waals surface area (Å²) in [5.41, 5.74) is 2.49. The minimum Gasteiger partial charge on any atom is -0.493 e. The third-order valence-electron chi connectivity index (χ3n) is 5.38. The van der Waals surface area contributed by atoms with Crippen LogP contribution in [0, 0.1) is 0 Å². The van der Waals surface area contributed by atoms with E-state index in [-0.39, 0.29) is 5.91 Å². The monoisotopic (exact) mass is 400 g/mol. The Bertz CT molecular complexity index is 1300. The van der Waals surface area contributed by atoms with Gasteiger partial charge < -0.3 is 19.5 Å². The van der Waals surface area contributed by atoms with Gasteiger partial charge in [0.15, 0.2) is 11.5 Å². The fourth-order valence-corrected chi connectivity index (χ4v) is 4.00. The topological polar surface area (TPSA) is 69.7 Å². The first kappa shape index (κ1) is 18.2. The minimum atomic E-state index is -0.112. The van der Waals surface area contributed by atoms with Crippen LogP contribution < -0.4 is 19.5 Å². The lowest BCUT2D eigenvalue weighted by atomic mass is 10.0. The average molecular weight is 400 g/mol. The van der Waals surface area contributed by atoms with Crippen molar-refractivity contribution >= 4 is 27.6 Å². The number of hydrogen-bond acceptors (Lipinski definition) is 5. The third kappa shape index (κ3) is 2.88. The summed E-state index contributed by atoms with van der Waals surface area (Å²) >= 11 is 0. The first-order valence-electron chi connectivity index (χ1n) is 9.73. The van der Waals surface area contributed by atoms with E-state index in [1.165, 1.54) is 0 Å². The predicted octanol–water partition coefficient (Wildman–Crippen LogP) is 4.48. The van der Waals surface area contributed by atoms with Gasteiger partial charge in [-0.05, 0) is 41.1 Å². The lowest BCUT2D eigenvalue weighted by Crippen LogP contribution is -2.17. The summed E-state index contributed by atoms with van der Waals surface area (Å²) in [6.45, 7) is 0.609. The van der Waals surface area contributed by atoms with Crippen molar-refractivity contribution in [1.29, 1.82) is 0 Å². The zero-order chi connectivity index (χ0) is 20.7. The molecule has 0 atom stereocenters. The van der Waals surface area contributed by atoms with Crippen molar-refractivity contribution in [1.82, 2.24) is 10.3 Å². The quantitative estimate of drug-likeness (QED) is 0.547. The second kappa shape index (κ2) is 7.22. The number of fused-ring (bicyclic) bond motifs is 4. The number of hydrogen-bond donors (Lipinski definition) is 1. The summed E-state index contributed by atoms with van der Waals surface area (Å²) < 4.78 is 17.6. The molecule has 2 heterocycles. The van der Waals surface area contributed by atoms with E-state index in [0.717, 1.165) is 39.4 Å². The minimum absolute atomic E-state index is 0.112. The van der Waals surface area contributed by atoms with E-state index in [9.17, 15) is 4.79 Å². The maximum atomic E-state index is 12.1. The zero-order valence-electron chi connectivity index (χ0n) is 16.7. The zero-order valence-corrected chi connectivity index (χ0v) is 16.7. The molecule has 0 unspecified atom stereocenters. The number of ether oxygens (including phenoxy) is 3. The summed E-state index contributed by atoms with van der Waals surface area (Å²) in [4.78, 5) is 16.6. The first-order valence-corrected chi connectivity index (χ1v) is 9.73. The van der Waals surface area contributed by atoms with Crippen molar-refractivity contribution in [2.24, 2.45) is 0 Å². The van der Waals surface area contributed by atoms with Crippen molar-refractivity contribution in [3.05, 3.63) is 65.9 Å². The summed E-state index contributed by atoms with van der Waals surface area (Å²) in [5, 5.41) is 5.43. The molecule has 6 heteroatoms. The van der Waals surface area contributed by atoms with Crippen LogP contribution in [0.3, 0.4) is 0 Å². The Morgan fingerprint density at radius 2 is 2.03 bits per heavy atom. The van der Waals surface area contributed by atoms with Crippen LogP contribution in [0.5, 0.6) is 23.0 Å². The standard InChI is InChI=1S/C24H20N2O4/c1-25-24(27)17-5-3-4-14-12-15(6-7-16(14)17)30-20-8-10-26-19-13-21(28-2)23-18(22(19)20)9-11-29-23/h3-8,10,12-13H,9,11H2,1-2H3,(H,25,27). The number of aromatic nitrogens is 1.